The first-order chi connectivity index (χ1) is 7.35. The second kappa shape index (κ2) is 5.18. The normalized spacial score (nSPS) is 14.1. The molecule has 1 aromatic rings. The highest BCUT2D eigenvalue weighted by Crippen LogP contribution is 2.30. The second-order valence-corrected chi connectivity index (χ2v) is 4.35. The van der Waals surface area contributed by atoms with Crippen molar-refractivity contribution in [2.75, 3.05) is 7.05 Å². The molecule has 0 bridgehead atoms. The predicted molar refractivity (Wildman–Crippen MR) is 58.0 cm³/mol. The van der Waals surface area contributed by atoms with Crippen LogP contribution in [-0.4, -0.2) is 23.0 Å². The smallest absolute Gasteiger partial charge is 0.312 e. The van der Waals surface area contributed by atoms with Gasteiger partial charge in [-0.3, -0.25) is 4.68 Å². The number of nitrogens with zero attached hydrogens (tertiary/aromatic N) is 2. The van der Waals surface area contributed by atoms with Gasteiger partial charge in [-0.1, -0.05) is 0 Å². The van der Waals surface area contributed by atoms with Gasteiger partial charge in [-0.15, -0.1) is 0 Å². The standard InChI is InChI=1S/C9H13BrF3N3/c1-14-7(3-4-9(11,12)13)8-6(10)5-15-16(8)2/h5,7,14H,3-4H2,1-2H3. The molecule has 0 saturated heterocycles. The number of halogens is 4. The average Bonchev–Trinajstić information content (AvgIpc) is 2.48. The molecule has 0 aliphatic carbocycles. The first-order valence-electron chi connectivity index (χ1n) is 4.76. The Kier molecular flexibility index (Phi) is 4.37. The molecule has 0 radical (unpaired) electrons. The molecule has 0 aliphatic rings. The Morgan fingerprint density at radius 1 is 1.56 bits per heavy atom. The molecule has 3 nitrogen and oxygen atoms in total. The quantitative estimate of drug-likeness (QED) is 0.926. The first kappa shape index (κ1) is 13.5. The molecule has 0 amide bonds. The Morgan fingerprint density at radius 3 is 2.56 bits per heavy atom. The van der Waals surface area contributed by atoms with Crippen molar-refractivity contribution in [1.82, 2.24) is 15.1 Å². The van der Waals surface area contributed by atoms with E-state index in [4.69, 9.17) is 0 Å². The van der Waals surface area contributed by atoms with E-state index in [1.54, 1.807) is 25.0 Å². The fourth-order valence-electron chi connectivity index (χ4n) is 1.54. The van der Waals surface area contributed by atoms with E-state index >= 15 is 0 Å². The summed E-state index contributed by atoms with van der Waals surface area (Å²) in [4.78, 5) is 0. The van der Waals surface area contributed by atoms with Gasteiger partial charge in [0.05, 0.1) is 22.4 Å². The van der Waals surface area contributed by atoms with Gasteiger partial charge < -0.3 is 5.32 Å². The lowest BCUT2D eigenvalue weighted by atomic mass is 10.1. The van der Waals surface area contributed by atoms with E-state index < -0.39 is 12.6 Å². The zero-order valence-electron chi connectivity index (χ0n) is 8.98. The molecule has 1 aromatic heterocycles. The highest BCUT2D eigenvalue weighted by Gasteiger charge is 2.29. The van der Waals surface area contributed by atoms with Gasteiger partial charge in [0.15, 0.2) is 0 Å². The van der Waals surface area contributed by atoms with Crippen molar-refractivity contribution in [1.29, 1.82) is 0 Å². The third kappa shape index (κ3) is 3.48. The maximum atomic E-state index is 12.1. The van der Waals surface area contributed by atoms with Gasteiger partial charge in [-0.25, -0.2) is 0 Å². The van der Waals surface area contributed by atoms with E-state index in [9.17, 15) is 13.2 Å². The number of hydrogen-bond donors (Lipinski definition) is 1. The Labute approximate surface area is 100 Å². The molecule has 0 fully saturated rings. The molecular formula is C9H13BrF3N3. The third-order valence-corrected chi connectivity index (χ3v) is 2.94. The van der Waals surface area contributed by atoms with Gasteiger partial charge in [0.1, 0.15) is 0 Å². The predicted octanol–water partition coefficient (Wildman–Crippen LogP) is 2.79. The summed E-state index contributed by atoms with van der Waals surface area (Å²) >= 11 is 3.27. The average molecular weight is 300 g/mol. The highest BCUT2D eigenvalue weighted by atomic mass is 79.9. The van der Waals surface area contributed by atoms with E-state index in [0.29, 0.717) is 0 Å². The minimum atomic E-state index is -4.12. The Bertz CT molecular complexity index is 329. The Hall–Kier alpha value is -0.560. The molecule has 92 valence electrons. The van der Waals surface area contributed by atoms with Gasteiger partial charge in [-0.2, -0.15) is 18.3 Å². The maximum absolute atomic E-state index is 12.1. The van der Waals surface area contributed by atoms with Crippen LogP contribution in [0.3, 0.4) is 0 Å². The summed E-state index contributed by atoms with van der Waals surface area (Å²) in [5.41, 5.74) is 0.728. The van der Waals surface area contributed by atoms with E-state index in [2.05, 4.69) is 26.3 Å². The second-order valence-electron chi connectivity index (χ2n) is 3.50. The van der Waals surface area contributed by atoms with Crippen molar-refractivity contribution >= 4 is 15.9 Å². The minimum Gasteiger partial charge on any atom is -0.312 e. The fraction of sp³-hybridized carbons (Fsp3) is 0.667. The molecule has 0 saturated carbocycles. The summed E-state index contributed by atoms with van der Waals surface area (Å²) in [6.45, 7) is 0. The summed E-state index contributed by atoms with van der Waals surface area (Å²) in [5, 5.41) is 6.85. The van der Waals surface area contributed by atoms with Crippen molar-refractivity contribution in [3.05, 3.63) is 16.4 Å². The maximum Gasteiger partial charge on any atom is 0.389 e. The van der Waals surface area contributed by atoms with Crippen LogP contribution < -0.4 is 5.32 Å². The van der Waals surface area contributed by atoms with E-state index in [0.717, 1.165) is 10.2 Å². The lowest BCUT2D eigenvalue weighted by Gasteiger charge is -2.18. The van der Waals surface area contributed by atoms with Crippen LogP contribution in [0.4, 0.5) is 13.2 Å². The molecule has 16 heavy (non-hydrogen) atoms. The first-order valence-corrected chi connectivity index (χ1v) is 5.56. The summed E-state index contributed by atoms with van der Waals surface area (Å²) < 4.78 is 38.7. The van der Waals surface area contributed by atoms with Crippen molar-refractivity contribution < 1.29 is 13.2 Å². The van der Waals surface area contributed by atoms with Crippen molar-refractivity contribution in [3.8, 4) is 0 Å². The molecular weight excluding hydrogens is 287 g/mol. The van der Waals surface area contributed by atoms with E-state index in [1.165, 1.54) is 0 Å². The summed E-state index contributed by atoms with van der Waals surface area (Å²) in [5.74, 6) is 0. The SMILES string of the molecule is CNC(CCC(F)(F)F)c1c(Br)cnn1C. The summed E-state index contributed by atoms with van der Waals surface area (Å²) in [6, 6.07) is -0.358. The number of aromatic nitrogens is 2. The Balaban J connectivity index is 2.75. The van der Waals surface area contributed by atoms with Crippen LogP contribution in [0.1, 0.15) is 24.6 Å². The van der Waals surface area contributed by atoms with Crippen molar-refractivity contribution in [2.24, 2.45) is 7.05 Å². The summed E-state index contributed by atoms with van der Waals surface area (Å²) in [6.07, 6.45) is -3.36. The van der Waals surface area contributed by atoms with Gasteiger partial charge in [0.25, 0.3) is 0 Å². The van der Waals surface area contributed by atoms with E-state index in [-0.39, 0.29) is 12.5 Å². The number of alkyl halides is 3. The zero-order valence-corrected chi connectivity index (χ0v) is 10.6. The fourth-order valence-corrected chi connectivity index (χ4v) is 2.16. The molecule has 1 heterocycles. The lowest BCUT2D eigenvalue weighted by molar-refractivity contribution is -0.136. The topological polar surface area (TPSA) is 29.9 Å². The van der Waals surface area contributed by atoms with Crippen LogP contribution in [-0.2, 0) is 7.05 Å². The van der Waals surface area contributed by atoms with E-state index in [1.807, 2.05) is 0 Å². The van der Waals surface area contributed by atoms with Crippen LogP contribution in [0.25, 0.3) is 0 Å². The monoisotopic (exact) mass is 299 g/mol. The minimum absolute atomic E-state index is 0.00185. The lowest BCUT2D eigenvalue weighted by Crippen LogP contribution is -2.22. The molecule has 7 heteroatoms. The van der Waals surface area contributed by atoms with Crippen LogP contribution in [0, 0.1) is 0 Å². The van der Waals surface area contributed by atoms with Gasteiger partial charge in [0, 0.05) is 13.5 Å². The summed E-state index contributed by atoms with van der Waals surface area (Å²) in [7, 11) is 3.35. The number of aryl methyl sites for hydroxylation is 1. The molecule has 1 unspecified atom stereocenters. The van der Waals surface area contributed by atoms with Crippen molar-refractivity contribution in [2.45, 2.75) is 25.1 Å². The Morgan fingerprint density at radius 2 is 2.19 bits per heavy atom. The molecule has 1 atom stereocenters. The van der Waals surface area contributed by atoms with Crippen LogP contribution in [0.5, 0.6) is 0 Å². The van der Waals surface area contributed by atoms with Gasteiger partial charge in [0.2, 0.25) is 0 Å². The number of hydrogen-bond acceptors (Lipinski definition) is 2. The molecule has 1 N–H and O–H groups in total. The van der Waals surface area contributed by atoms with Gasteiger partial charge in [-0.05, 0) is 29.4 Å². The molecule has 0 spiro atoms. The largest absolute Gasteiger partial charge is 0.389 e. The van der Waals surface area contributed by atoms with Crippen molar-refractivity contribution in [3.63, 3.8) is 0 Å². The molecule has 1 rings (SSSR count). The molecule has 0 aromatic carbocycles. The van der Waals surface area contributed by atoms with Crippen LogP contribution in [0.15, 0.2) is 10.7 Å². The highest BCUT2D eigenvalue weighted by molar-refractivity contribution is 9.10. The number of rotatable bonds is 4. The number of nitrogens with one attached hydrogen (secondary N) is 1. The van der Waals surface area contributed by atoms with Gasteiger partial charge >= 0.3 is 6.18 Å². The molecule has 0 aliphatic heterocycles. The van der Waals surface area contributed by atoms with Crippen LogP contribution >= 0.6 is 15.9 Å². The van der Waals surface area contributed by atoms with Crippen LogP contribution in [0.2, 0.25) is 0 Å². The zero-order chi connectivity index (χ0) is 12.3. The third-order valence-electron chi connectivity index (χ3n) is 2.33.